The molecule has 0 amide bonds. The molecule has 0 spiro atoms. The second kappa shape index (κ2) is 17.2. The number of rotatable bonds is 12. The summed E-state index contributed by atoms with van der Waals surface area (Å²) in [5.41, 5.74) is 11.7. The Bertz CT molecular complexity index is 2600. The molecule has 0 unspecified atom stereocenters. The van der Waals surface area contributed by atoms with Gasteiger partial charge in [-0.2, -0.15) is 0 Å². The molecule has 0 atom stereocenters. The van der Waals surface area contributed by atoms with Gasteiger partial charge in [-0.1, -0.05) is 164 Å². The maximum Gasteiger partial charge on any atom is 0.193 e. The highest BCUT2D eigenvalue weighted by atomic mass is 16.1. The number of ketones is 2. The molecule has 4 nitrogen and oxygen atoms in total. The molecule has 0 radical (unpaired) electrons. The van der Waals surface area contributed by atoms with Crippen LogP contribution < -0.4 is 9.80 Å². The van der Waals surface area contributed by atoms with Gasteiger partial charge in [-0.3, -0.25) is 9.59 Å². The number of benzene rings is 9. The summed E-state index contributed by atoms with van der Waals surface area (Å²) in [5.74, 6) is -0.297. The lowest BCUT2D eigenvalue weighted by Crippen LogP contribution is -2.10. The Hall–Kier alpha value is -8.08. The minimum Gasteiger partial charge on any atom is -0.311 e. The SMILES string of the molecule is O=C(c1cccc(C(=O)c2ccccc2-c2ccc(N(c3ccccc3)c3ccccc3)cc2)c1)c1ccccc1-c1ccc(N(c2ccccc2)c2ccccc2)cc1. The molecule has 9 aromatic carbocycles. The lowest BCUT2D eigenvalue weighted by atomic mass is 9.90. The van der Waals surface area contributed by atoms with Gasteiger partial charge in [0.05, 0.1) is 0 Å². The Kier molecular flexibility index (Phi) is 10.7. The van der Waals surface area contributed by atoms with E-state index in [0.717, 1.165) is 56.4 Å². The van der Waals surface area contributed by atoms with Crippen molar-refractivity contribution in [3.63, 3.8) is 0 Å². The Labute approximate surface area is 350 Å². The number of anilines is 6. The molecule has 0 aliphatic rings. The van der Waals surface area contributed by atoms with E-state index >= 15 is 0 Å². The molecule has 0 N–H and O–H groups in total. The van der Waals surface area contributed by atoms with Gasteiger partial charge in [0, 0.05) is 56.4 Å². The molecule has 0 fully saturated rings. The molecule has 9 rings (SSSR count). The summed E-state index contributed by atoms with van der Waals surface area (Å²) >= 11 is 0. The van der Waals surface area contributed by atoms with Gasteiger partial charge >= 0.3 is 0 Å². The molecule has 4 heteroatoms. The van der Waals surface area contributed by atoms with Crippen molar-refractivity contribution in [2.75, 3.05) is 9.80 Å². The van der Waals surface area contributed by atoms with Crippen LogP contribution in [0.1, 0.15) is 31.8 Å². The van der Waals surface area contributed by atoms with Crippen LogP contribution in [-0.2, 0) is 0 Å². The summed E-state index contributed by atoms with van der Waals surface area (Å²) in [6.45, 7) is 0. The quantitative estimate of drug-likeness (QED) is 0.116. The van der Waals surface area contributed by atoms with Crippen LogP contribution in [0.5, 0.6) is 0 Å². The summed E-state index contributed by atoms with van der Waals surface area (Å²) in [6, 6.07) is 80.1. The molecule has 0 saturated heterocycles. The molecular weight excluding hydrogens is 733 g/mol. The number of hydrogen-bond acceptors (Lipinski definition) is 4. The van der Waals surface area contributed by atoms with Crippen molar-refractivity contribution in [1.82, 2.24) is 0 Å². The predicted octanol–water partition coefficient (Wildman–Crippen LogP) is 14.4. The zero-order valence-corrected chi connectivity index (χ0v) is 32.8. The predicted molar refractivity (Wildman–Crippen MR) is 246 cm³/mol. The van der Waals surface area contributed by atoms with Crippen molar-refractivity contribution in [2.45, 2.75) is 0 Å². The highest BCUT2D eigenvalue weighted by Gasteiger charge is 2.20. The number of hydrogen-bond donors (Lipinski definition) is 0. The molecule has 60 heavy (non-hydrogen) atoms. The highest BCUT2D eigenvalue weighted by Crippen LogP contribution is 2.38. The molecular formula is C56H40N2O2. The first kappa shape index (κ1) is 37.5. The average Bonchev–Trinajstić information content (AvgIpc) is 3.33. The third-order valence-electron chi connectivity index (χ3n) is 10.7. The van der Waals surface area contributed by atoms with E-state index in [2.05, 4.69) is 107 Å². The van der Waals surface area contributed by atoms with Crippen LogP contribution in [0, 0.1) is 0 Å². The fraction of sp³-hybridized carbons (Fsp3) is 0. The van der Waals surface area contributed by atoms with E-state index < -0.39 is 0 Å². The lowest BCUT2D eigenvalue weighted by Gasteiger charge is -2.25. The Morgan fingerprint density at radius 3 is 0.883 bits per heavy atom. The van der Waals surface area contributed by atoms with Gasteiger partial charge in [-0.05, 0) is 101 Å². The Morgan fingerprint density at radius 1 is 0.267 bits per heavy atom. The van der Waals surface area contributed by atoms with Crippen LogP contribution in [0.2, 0.25) is 0 Å². The molecule has 0 saturated carbocycles. The summed E-state index contributed by atoms with van der Waals surface area (Å²) < 4.78 is 0. The summed E-state index contributed by atoms with van der Waals surface area (Å²) in [4.78, 5) is 33.1. The number of nitrogens with zero attached hydrogens (tertiary/aromatic N) is 2. The fourth-order valence-corrected chi connectivity index (χ4v) is 7.76. The van der Waals surface area contributed by atoms with E-state index in [-0.39, 0.29) is 11.6 Å². The molecule has 286 valence electrons. The zero-order valence-electron chi connectivity index (χ0n) is 32.8. The molecule has 0 heterocycles. The van der Waals surface area contributed by atoms with Crippen molar-refractivity contribution < 1.29 is 9.59 Å². The van der Waals surface area contributed by atoms with Crippen molar-refractivity contribution in [2.24, 2.45) is 0 Å². The van der Waals surface area contributed by atoms with Crippen LogP contribution in [-0.4, -0.2) is 11.6 Å². The first-order chi connectivity index (χ1) is 29.6. The lowest BCUT2D eigenvalue weighted by molar-refractivity contribution is 0.103. The van der Waals surface area contributed by atoms with Crippen LogP contribution in [0.4, 0.5) is 34.1 Å². The van der Waals surface area contributed by atoms with Crippen molar-refractivity contribution in [3.8, 4) is 22.3 Å². The molecule has 0 aliphatic carbocycles. The number of para-hydroxylation sites is 4. The molecule has 0 aromatic heterocycles. The standard InChI is InChI=1S/C56H40N2O2/c59-55(53-30-15-13-28-51(53)41-32-36-49(37-33-41)57(45-20-5-1-6-21-45)46-22-7-2-8-23-46)43-18-17-19-44(40-43)56(60)54-31-16-14-29-52(54)42-34-38-50(39-35-42)58(47-24-9-3-10-25-47)48-26-11-4-12-27-48/h1-40H. The van der Waals surface area contributed by atoms with Crippen LogP contribution in [0.3, 0.4) is 0 Å². The molecule has 0 bridgehead atoms. The third kappa shape index (κ3) is 7.78. The van der Waals surface area contributed by atoms with Gasteiger partial charge in [-0.25, -0.2) is 0 Å². The van der Waals surface area contributed by atoms with Crippen LogP contribution >= 0.6 is 0 Å². The van der Waals surface area contributed by atoms with Gasteiger partial charge in [0.1, 0.15) is 0 Å². The van der Waals surface area contributed by atoms with Crippen molar-refractivity contribution in [1.29, 1.82) is 0 Å². The first-order valence-electron chi connectivity index (χ1n) is 20.0. The Morgan fingerprint density at radius 2 is 0.550 bits per heavy atom. The summed E-state index contributed by atoms with van der Waals surface area (Å²) in [6.07, 6.45) is 0. The van der Waals surface area contributed by atoms with E-state index in [1.807, 2.05) is 121 Å². The van der Waals surface area contributed by atoms with Gasteiger partial charge in [-0.15, -0.1) is 0 Å². The van der Waals surface area contributed by atoms with E-state index in [0.29, 0.717) is 22.3 Å². The molecule has 9 aromatic rings. The van der Waals surface area contributed by atoms with Crippen molar-refractivity contribution in [3.05, 3.63) is 265 Å². The highest BCUT2D eigenvalue weighted by molar-refractivity contribution is 6.16. The van der Waals surface area contributed by atoms with E-state index in [1.54, 1.807) is 24.3 Å². The monoisotopic (exact) mass is 772 g/mol. The first-order valence-corrected chi connectivity index (χ1v) is 20.0. The van der Waals surface area contributed by atoms with Gasteiger partial charge in [0.15, 0.2) is 11.6 Å². The summed E-state index contributed by atoms with van der Waals surface area (Å²) in [5, 5.41) is 0. The normalized spacial score (nSPS) is 10.8. The Balaban J connectivity index is 0.988. The average molecular weight is 773 g/mol. The number of carbonyl (C=O) groups is 2. The second-order valence-electron chi connectivity index (χ2n) is 14.4. The fourth-order valence-electron chi connectivity index (χ4n) is 7.76. The van der Waals surface area contributed by atoms with Crippen molar-refractivity contribution >= 4 is 45.7 Å². The zero-order chi connectivity index (χ0) is 40.7. The smallest absolute Gasteiger partial charge is 0.193 e. The maximum atomic E-state index is 14.4. The maximum absolute atomic E-state index is 14.4. The van der Waals surface area contributed by atoms with E-state index in [1.165, 1.54) is 0 Å². The molecule has 0 aliphatic heterocycles. The minimum atomic E-state index is -0.148. The van der Waals surface area contributed by atoms with Gasteiger partial charge in [0.25, 0.3) is 0 Å². The third-order valence-corrected chi connectivity index (χ3v) is 10.7. The van der Waals surface area contributed by atoms with E-state index in [4.69, 9.17) is 0 Å². The van der Waals surface area contributed by atoms with Gasteiger partial charge < -0.3 is 9.80 Å². The topological polar surface area (TPSA) is 40.6 Å². The van der Waals surface area contributed by atoms with Crippen LogP contribution in [0.25, 0.3) is 22.3 Å². The van der Waals surface area contributed by atoms with Gasteiger partial charge in [0.2, 0.25) is 0 Å². The largest absolute Gasteiger partial charge is 0.311 e. The van der Waals surface area contributed by atoms with E-state index in [9.17, 15) is 9.59 Å². The summed E-state index contributed by atoms with van der Waals surface area (Å²) in [7, 11) is 0. The second-order valence-corrected chi connectivity index (χ2v) is 14.4. The minimum absolute atomic E-state index is 0.148. The van der Waals surface area contributed by atoms with Crippen LogP contribution in [0.15, 0.2) is 243 Å². The number of carbonyl (C=O) groups excluding carboxylic acids is 2.